The minimum Gasteiger partial charge on any atom is -0.399 e. The molecule has 4 nitrogen and oxygen atoms in total. The van der Waals surface area contributed by atoms with Crippen LogP contribution < -0.4 is 10.5 Å². The van der Waals surface area contributed by atoms with Crippen LogP contribution in [-0.4, -0.2) is 8.42 Å². The van der Waals surface area contributed by atoms with E-state index in [-0.39, 0.29) is 11.4 Å². The summed E-state index contributed by atoms with van der Waals surface area (Å²) in [5.74, 6) is -0.400. The van der Waals surface area contributed by atoms with Gasteiger partial charge in [0.15, 0.2) is 0 Å². The van der Waals surface area contributed by atoms with Crippen LogP contribution in [0.25, 0.3) is 0 Å². The predicted molar refractivity (Wildman–Crippen MR) is 80.8 cm³/mol. The molecule has 2 rings (SSSR count). The van der Waals surface area contributed by atoms with Crippen LogP contribution in [0.3, 0.4) is 0 Å². The van der Waals surface area contributed by atoms with Crippen molar-refractivity contribution < 1.29 is 12.8 Å². The minimum absolute atomic E-state index is 0.0212. The molecule has 0 heterocycles. The van der Waals surface area contributed by atoms with Crippen molar-refractivity contribution in [1.82, 2.24) is 4.72 Å². The lowest BCUT2D eigenvalue weighted by Gasteiger charge is -2.12. The first-order chi connectivity index (χ1) is 9.79. The number of hydrogen-bond acceptors (Lipinski definition) is 3. The summed E-state index contributed by atoms with van der Waals surface area (Å²) in [5, 5.41) is 0. The largest absolute Gasteiger partial charge is 0.399 e. The van der Waals surface area contributed by atoms with Gasteiger partial charge in [0, 0.05) is 12.2 Å². The van der Waals surface area contributed by atoms with Crippen LogP contribution in [-0.2, 0) is 16.6 Å². The SMILES string of the molecule is Cc1cc(N)cc(S(=O)(=O)NCc2cccc(F)c2)c1C. The third-order valence-electron chi connectivity index (χ3n) is 3.29. The van der Waals surface area contributed by atoms with Gasteiger partial charge in [-0.3, -0.25) is 0 Å². The Bertz CT molecular complexity index is 773. The summed E-state index contributed by atoms with van der Waals surface area (Å²) in [6, 6.07) is 8.94. The number of rotatable bonds is 4. The fourth-order valence-electron chi connectivity index (χ4n) is 2.04. The maximum absolute atomic E-state index is 13.1. The molecule has 0 spiro atoms. The van der Waals surface area contributed by atoms with Gasteiger partial charge < -0.3 is 5.73 Å². The molecular weight excluding hydrogens is 291 g/mol. The van der Waals surface area contributed by atoms with E-state index in [0.717, 1.165) is 5.56 Å². The summed E-state index contributed by atoms with van der Waals surface area (Å²) in [4.78, 5) is 0.149. The Morgan fingerprint density at radius 2 is 1.90 bits per heavy atom. The van der Waals surface area contributed by atoms with Gasteiger partial charge in [0.1, 0.15) is 5.82 Å². The highest BCUT2D eigenvalue weighted by Gasteiger charge is 2.18. The lowest BCUT2D eigenvalue weighted by molar-refractivity contribution is 0.579. The number of benzene rings is 2. The van der Waals surface area contributed by atoms with E-state index in [0.29, 0.717) is 16.8 Å². The van der Waals surface area contributed by atoms with Gasteiger partial charge in [0.25, 0.3) is 0 Å². The van der Waals surface area contributed by atoms with Crippen molar-refractivity contribution in [1.29, 1.82) is 0 Å². The smallest absolute Gasteiger partial charge is 0.241 e. The first-order valence-electron chi connectivity index (χ1n) is 6.40. The maximum Gasteiger partial charge on any atom is 0.241 e. The maximum atomic E-state index is 13.1. The van der Waals surface area contributed by atoms with Gasteiger partial charge in [0.2, 0.25) is 10.0 Å². The molecule has 0 bridgehead atoms. The molecule has 0 saturated carbocycles. The lowest BCUT2D eigenvalue weighted by atomic mass is 10.1. The number of halogens is 1. The van der Waals surface area contributed by atoms with Crippen molar-refractivity contribution in [3.05, 3.63) is 58.9 Å². The highest BCUT2D eigenvalue weighted by atomic mass is 32.2. The van der Waals surface area contributed by atoms with Gasteiger partial charge >= 0.3 is 0 Å². The molecule has 6 heteroatoms. The fourth-order valence-corrected chi connectivity index (χ4v) is 3.40. The Balaban J connectivity index is 2.27. The molecule has 2 aromatic carbocycles. The van der Waals surface area contributed by atoms with Crippen LogP contribution in [0.1, 0.15) is 16.7 Å². The Morgan fingerprint density at radius 3 is 2.57 bits per heavy atom. The molecule has 0 amide bonds. The molecule has 0 fully saturated rings. The van der Waals surface area contributed by atoms with Crippen LogP contribution in [0.5, 0.6) is 0 Å². The number of sulfonamides is 1. The second-order valence-corrected chi connectivity index (χ2v) is 6.65. The average Bonchev–Trinajstić information content (AvgIpc) is 2.41. The topological polar surface area (TPSA) is 72.2 Å². The minimum atomic E-state index is -3.70. The van der Waals surface area contributed by atoms with Crippen molar-refractivity contribution in [3.8, 4) is 0 Å². The molecule has 0 aliphatic rings. The van der Waals surface area contributed by atoms with Crippen molar-refractivity contribution in [2.75, 3.05) is 5.73 Å². The second-order valence-electron chi connectivity index (χ2n) is 4.92. The zero-order chi connectivity index (χ0) is 15.6. The summed E-state index contributed by atoms with van der Waals surface area (Å²) in [5.41, 5.74) is 8.11. The Labute approximate surface area is 123 Å². The van der Waals surface area contributed by atoms with E-state index in [1.165, 1.54) is 24.3 Å². The number of nitrogen functional groups attached to an aromatic ring is 1. The van der Waals surface area contributed by atoms with Crippen molar-refractivity contribution >= 4 is 15.7 Å². The third-order valence-corrected chi connectivity index (χ3v) is 4.81. The Kier molecular flexibility index (Phi) is 4.29. The van der Waals surface area contributed by atoms with Crippen molar-refractivity contribution in [3.63, 3.8) is 0 Å². The van der Waals surface area contributed by atoms with Gasteiger partial charge in [-0.05, 0) is 54.8 Å². The number of aryl methyl sites for hydroxylation is 1. The molecule has 0 atom stereocenters. The summed E-state index contributed by atoms with van der Waals surface area (Å²) in [6.45, 7) is 3.55. The quantitative estimate of drug-likeness (QED) is 0.852. The van der Waals surface area contributed by atoms with E-state index in [2.05, 4.69) is 4.72 Å². The molecule has 0 aliphatic heterocycles. The lowest BCUT2D eigenvalue weighted by Crippen LogP contribution is -2.24. The first kappa shape index (κ1) is 15.5. The molecule has 0 saturated heterocycles. The van der Waals surface area contributed by atoms with Gasteiger partial charge in [-0.25, -0.2) is 17.5 Å². The predicted octanol–water partition coefficient (Wildman–Crippen LogP) is 2.50. The molecule has 112 valence electrons. The zero-order valence-electron chi connectivity index (χ0n) is 11.9. The normalized spacial score (nSPS) is 11.6. The van der Waals surface area contributed by atoms with Crippen molar-refractivity contribution in [2.24, 2.45) is 0 Å². The zero-order valence-corrected chi connectivity index (χ0v) is 12.7. The molecule has 0 radical (unpaired) electrons. The average molecular weight is 308 g/mol. The molecule has 0 aliphatic carbocycles. The molecule has 21 heavy (non-hydrogen) atoms. The molecule has 3 N–H and O–H groups in total. The molecule has 2 aromatic rings. The third kappa shape index (κ3) is 3.59. The summed E-state index contributed by atoms with van der Waals surface area (Å²) in [6.07, 6.45) is 0. The van der Waals surface area contributed by atoms with Crippen molar-refractivity contribution in [2.45, 2.75) is 25.3 Å². The first-order valence-corrected chi connectivity index (χ1v) is 7.89. The number of nitrogens with two attached hydrogens (primary N) is 1. The highest BCUT2D eigenvalue weighted by molar-refractivity contribution is 7.89. The van der Waals surface area contributed by atoms with E-state index < -0.39 is 15.8 Å². The standard InChI is InChI=1S/C15H17FN2O2S/c1-10-6-14(17)8-15(11(10)2)21(19,20)18-9-12-4-3-5-13(16)7-12/h3-8,18H,9,17H2,1-2H3. The van der Waals surface area contributed by atoms with E-state index in [9.17, 15) is 12.8 Å². The van der Waals surface area contributed by atoms with Gasteiger partial charge in [-0.1, -0.05) is 12.1 Å². The summed E-state index contributed by atoms with van der Waals surface area (Å²) >= 11 is 0. The Morgan fingerprint density at radius 1 is 1.19 bits per heavy atom. The number of hydrogen-bond donors (Lipinski definition) is 2. The monoisotopic (exact) mass is 308 g/mol. The van der Waals surface area contributed by atoms with Crippen LogP contribution in [0, 0.1) is 19.7 Å². The fraction of sp³-hybridized carbons (Fsp3) is 0.200. The van der Waals surface area contributed by atoms with Crippen LogP contribution in [0.15, 0.2) is 41.3 Å². The second kappa shape index (κ2) is 5.83. The van der Waals surface area contributed by atoms with Crippen LogP contribution in [0.4, 0.5) is 10.1 Å². The van der Waals surface area contributed by atoms with E-state index in [1.54, 1.807) is 26.0 Å². The highest BCUT2D eigenvalue weighted by Crippen LogP contribution is 2.22. The Hall–Kier alpha value is -1.92. The summed E-state index contributed by atoms with van der Waals surface area (Å²) < 4.78 is 40.3. The van der Waals surface area contributed by atoms with Crippen LogP contribution in [0.2, 0.25) is 0 Å². The van der Waals surface area contributed by atoms with Gasteiger partial charge in [0.05, 0.1) is 4.90 Å². The number of nitrogens with one attached hydrogen (secondary N) is 1. The van der Waals surface area contributed by atoms with Gasteiger partial charge in [-0.15, -0.1) is 0 Å². The molecule has 0 aromatic heterocycles. The van der Waals surface area contributed by atoms with E-state index in [4.69, 9.17) is 5.73 Å². The van der Waals surface area contributed by atoms with Gasteiger partial charge in [-0.2, -0.15) is 0 Å². The van der Waals surface area contributed by atoms with E-state index >= 15 is 0 Å². The van der Waals surface area contributed by atoms with Crippen LogP contribution >= 0.6 is 0 Å². The summed E-state index contributed by atoms with van der Waals surface area (Å²) in [7, 11) is -3.70. The van der Waals surface area contributed by atoms with E-state index in [1.807, 2.05) is 0 Å². The molecule has 0 unspecified atom stereocenters. The molecular formula is C15H17FN2O2S. The number of anilines is 1.